The molecule has 0 radical (unpaired) electrons. The van der Waals surface area contributed by atoms with E-state index in [0.717, 1.165) is 18.5 Å². The summed E-state index contributed by atoms with van der Waals surface area (Å²) in [6.45, 7) is -0.189. The van der Waals surface area contributed by atoms with E-state index in [2.05, 4.69) is 4.98 Å². The summed E-state index contributed by atoms with van der Waals surface area (Å²) in [5.41, 5.74) is 0.858. The zero-order chi connectivity index (χ0) is 13.0. The number of pyridine rings is 1. The smallest absolute Gasteiger partial charge is 0.323 e. The summed E-state index contributed by atoms with van der Waals surface area (Å²) in [7, 11) is 0. The second kappa shape index (κ2) is 5.62. The Balaban J connectivity index is 1.87. The molecule has 18 heavy (non-hydrogen) atoms. The van der Waals surface area contributed by atoms with Crippen molar-refractivity contribution in [3.63, 3.8) is 0 Å². The Kier molecular flexibility index (Phi) is 3.92. The molecule has 1 heterocycles. The van der Waals surface area contributed by atoms with Crippen LogP contribution in [0.1, 0.15) is 25.0 Å². The first kappa shape index (κ1) is 12.5. The molecule has 1 aromatic rings. The minimum atomic E-state index is -0.951. The van der Waals surface area contributed by atoms with Gasteiger partial charge in [0.1, 0.15) is 6.54 Å². The van der Waals surface area contributed by atoms with Crippen LogP contribution in [0.15, 0.2) is 24.4 Å². The lowest BCUT2D eigenvalue weighted by Crippen LogP contribution is -2.37. The fraction of sp³-hybridized carbons (Fsp3) is 0.462. The topological polar surface area (TPSA) is 70.5 Å². The largest absolute Gasteiger partial charge is 0.480 e. The number of amides is 1. The number of carboxylic acid groups (broad SMARTS) is 1. The van der Waals surface area contributed by atoms with Crippen molar-refractivity contribution in [1.82, 2.24) is 9.88 Å². The Morgan fingerprint density at radius 2 is 2.17 bits per heavy atom. The Morgan fingerprint density at radius 3 is 2.72 bits per heavy atom. The maximum atomic E-state index is 12.0. The van der Waals surface area contributed by atoms with Crippen LogP contribution < -0.4 is 0 Å². The van der Waals surface area contributed by atoms with Crippen molar-refractivity contribution in [1.29, 1.82) is 0 Å². The standard InChI is InChI=1S/C13H16N2O3/c16-12(7-4-10-3-1-2-8-14-10)15(9-13(17)18)11-5-6-11/h1-3,8,11H,4-7,9H2,(H,17,18). The molecule has 1 amide bonds. The van der Waals surface area contributed by atoms with E-state index in [1.54, 1.807) is 6.20 Å². The van der Waals surface area contributed by atoms with Crippen LogP contribution in [0.25, 0.3) is 0 Å². The molecule has 1 fully saturated rings. The van der Waals surface area contributed by atoms with Crippen LogP contribution in [-0.2, 0) is 16.0 Å². The number of carbonyl (C=O) groups is 2. The quantitative estimate of drug-likeness (QED) is 0.818. The maximum absolute atomic E-state index is 12.0. The van der Waals surface area contributed by atoms with Crippen molar-refractivity contribution in [3.05, 3.63) is 30.1 Å². The number of hydrogen-bond acceptors (Lipinski definition) is 3. The molecule has 1 aromatic heterocycles. The number of hydrogen-bond donors (Lipinski definition) is 1. The van der Waals surface area contributed by atoms with Crippen molar-refractivity contribution >= 4 is 11.9 Å². The number of nitrogens with zero attached hydrogens (tertiary/aromatic N) is 2. The first-order valence-electron chi connectivity index (χ1n) is 6.08. The number of aryl methyl sites for hydroxylation is 1. The van der Waals surface area contributed by atoms with Crippen LogP contribution in [0.3, 0.4) is 0 Å². The fourth-order valence-electron chi connectivity index (χ4n) is 1.88. The highest BCUT2D eigenvalue weighted by atomic mass is 16.4. The first-order valence-corrected chi connectivity index (χ1v) is 6.08. The first-order chi connectivity index (χ1) is 8.66. The predicted octanol–water partition coefficient (Wildman–Crippen LogP) is 1.09. The minimum Gasteiger partial charge on any atom is -0.480 e. The third kappa shape index (κ3) is 3.55. The van der Waals surface area contributed by atoms with Gasteiger partial charge in [-0.2, -0.15) is 0 Å². The van der Waals surface area contributed by atoms with E-state index in [9.17, 15) is 9.59 Å². The zero-order valence-corrected chi connectivity index (χ0v) is 10.1. The summed E-state index contributed by atoms with van der Waals surface area (Å²) in [5.74, 6) is -1.04. The molecule has 1 aliphatic carbocycles. The molecule has 0 aromatic carbocycles. The third-order valence-corrected chi connectivity index (χ3v) is 2.93. The molecule has 1 saturated carbocycles. The number of aromatic nitrogens is 1. The van der Waals surface area contributed by atoms with E-state index in [1.807, 2.05) is 18.2 Å². The van der Waals surface area contributed by atoms with E-state index >= 15 is 0 Å². The molecule has 0 atom stereocenters. The second-order valence-corrected chi connectivity index (χ2v) is 4.47. The zero-order valence-electron chi connectivity index (χ0n) is 10.1. The highest BCUT2D eigenvalue weighted by molar-refractivity contribution is 5.82. The Bertz CT molecular complexity index is 429. The van der Waals surface area contributed by atoms with Gasteiger partial charge in [0.15, 0.2) is 0 Å². The van der Waals surface area contributed by atoms with Crippen LogP contribution in [0, 0.1) is 0 Å². The molecule has 5 nitrogen and oxygen atoms in total. The van der Waals surface area contributed by atoms with Crippen molar-refractivity contribution in [3.8, 4) is 0 Å². The van der Waals surface area contributed by atoms with Crippen LogP contribution >= 0.6 is 0 Å². The van der Waals surface area contributed by atoms with Gasteiger partial charge in [0.25, 0.3) is 0 Å². The summed E-state index contributed by atoms with van der Waals surface area (Å²) < 4.78 is 0. The van der Waals surface area contributed by atoms with Gasteiger partial charge in [-0.3, -0.25) is 14.6 Å². The molecule has 0 saturated heterocycles. The van der Waals surface area contributed by atoms with Crippen molar-refractivity contribution in [2.75, 3.05) is 6.54 Å². The lowest BCUT2D eigenvalue weighted by Gasteiger charge is -2.19. The van der Waals surface area contributed by atoms with Crippen molar-refractivity contribution in [2.45, 2.75) is 31.7 Å². The van der Waals surface area contributed by atoms with E-state index in [4.69, 9.17) is 5.11 Å². The average molecular weight is 248 g/mol. The van der Waals surface area contributed by atoms with Crippen molar-refractivity contribution < 1.29 is 14.7 Å². The fourth-order valence-corrected chi connectivity index (χ4v) is 1.88. The SMILES string of the molecule is O=C(O)CN(C(=O)CCc1ccccn1)C1CC1. The molecule has 5 heteroatoms. The molecule has 0 unspecified atom stereocenters. The summed E-state index contributed by atoms with van der Waals surface area (Å²) in [6.07, 6.45) is 4.41. The van der Waals surface area contributed by atoms with E-state index in [-0.39, 0.29) is 18.5 Å². The number of carboxylic acids is 1. The Morgan fingerprint density at radius 1 is 1.39 bits per heavy atom. The predicted molar refractivity (Wildman–Crippen MR) is 64.9 cm³/mol. The molecule has 0 spiro atoms. The number of rotatable bonds is 6. The van der Waals surface area contributed by atoms with E-state index in [0.29, 0.717) is 12.8 Å². The molecule has 96 valence electrons. The summed E-state index contributed by atoms with van der Waals surface area (Å²) >= 11 is 0. The van der Waals surface area contributed by atoms with Gasteiger partial charge < -0.3 is 10.0 Å². The summed E-state index contributed by atoms with van der Waals surface area (Å²) in [6, 6.07) is 5.71. The molecule has 1 N–H and O–H groups in total. The monoisotopic (exact) mass is 248 g/mol. The third-order valence-electron chi connectivity index (χ3n) is 2.93. The number of aliphatic carboxylic acids is 1. The van der Waals surface area contributed by atoms with Gasteiger partial charge in [-0.1, -0.05) is 6.07 Å². The van der Waals surface area contributed by atoms with Gasteiger partial charge in [-0.25, -0.2) is 0 Å². The Labute approximate surface area is 105 Å². The summed E-state index contributed by atoms with van der Waals surface area (Å²) in [4.78, 5) is 28.3. The average Bonchev–Trinajstić information content (AvgIpc) is 3.18. The highest BCUT2D eigenvalue weighted by Gasteiger charge is 2.33. The van der Waals surface area contributed by atoms with Crippen LogP contribution in [0.4, 0.5) is 0 Å². The highest BCUT2D eigenvalue weighted by Crippen LogP contribution is 2.27. The lowest BCUT2D eigenvalue weighted by molar-refractivity contribution is -0.144. The molecule has 2 rings (SSSR count). The second-order valence-electron chi connectivity index (χ2n) is 4.47. The molecular formula is C13H16N2O3. The van der Waals surface area contributed by atoms with Gasteiger partial charge in [-0.15, -0.1) is 0 Å². The molecule has 0 aliphatic heterocycles. The van der Waals surface area contributed by atoms with Crippen LogP contribution in [0.2, 0.25) is 0 Å². The van der Waals surface area contributed by atoms with Crippen LogP contribution in [-0.4, -0.2) is 39.5 Å². The normalized spacial score (nSPS) is 14.2. The Hall–Kier alpha value is -1.91. The minimum absolute atomic E-state index is 0.0921. The van der Waals surface area contributed by atoms with Gasteiger partial charge in [0.2, 0.25) is 5.91 Å². The van der Waals surface area contributed by atoms with E-state index < -0.39 is 5.97 Å². The molecule has 0 bridgehead atoms. The van der Waals surface area contributed by atoms with Crippen LogP contribution in [0.5, 0.6) is 0 Å². The lowest BCUT2D eigenvalue weighted by atomic mass is 10.2. The van der Waals surface area contributed by atoms with E-state index in [1.165, 1.54) is 4.90 Å². The maximum Gasteiger partial charge on any atom is 0.323 e. The number of carbonyl (C=O) groups excluding carboxylic acids is 1. The molecule has 1 aliphatic rings. The van der Waals surface area contributed by atoms with Gasteiger partial charge in [0, 0.05) is 24.4 Å². The van der Waals surface area contributed by atoms with Gasteiger partial charge >= 0.3 is 5.97 Å². The van der Waals surface area contributed by atoms with Gasteiger partial charge in [-0.05, 0) is 31.4 Å². The van der Waals surface area contributed by atoms with Crippen molar-refractivity contribution in [2.24, 2.45) is 0 Å². The molecular weight excluding hydrogens is 232 g/mol. The summed E-state index contributed by atoms with van der Waals surface area (Å²) in [5, 5.41) is 8.79. The van der Waals surface area contributed by atoms with Gasteiger partial charge in [0.05, 0.1) is 0 Å².